The predicted octanol–water partition coefficient (Wildman–Crippen LogP) is 4.14. The molecule has 2 N–H and O–H groups in total. The Morgan fingerprint density at radius 2 is 1.88 bits per heavy atom. The number of halogens is 2. The molecule has 0 radical (unpaired) electrons. The summed E-state index contributed by atoms with van der Waals surface area (Å²) in [6.45, 7) is 1.99. The van der Waals surface area contributed by atoms with E-state index in [1.54, 1.807) is 6.20 Å². The Hall–Kier alpha value is -1.70. The molecule has 2 heterocycles. The first-order chi connectivity index (χ1) is 11.6. The van der Waals surface area contributed by atoms with Crippen molar-refractivity contribution < 1.29 is 4.52 Å². The summed E-state index contributed by atoms with van der Waals surface area (Å²) >= 11 is 3.44. The van der Waals surface area contributed by atoms with Crippen molar-refractivity contribution in [3.63, 3.8) is 0 Å². The predicted molar refractivity (Wildman–Crippen MR) is 101 cm³/mol. The van der Waals surface area contributed by atoms with E-state index >= 15 is 0 Å². The zero-order valence-electron chi connectivity index (χ0n) is 13.8. The van der Waals surface area contributed by atoms with Crippen molar-refractivity contribution in [1.29, 1.82) is 0 Å². The van der Waals surface area contributed by atoms with Crippen molar-refractivity contribution in [1.82, 2.24) is 19.9 Å². The number of hydrogen-bond donors (Lipinski definition) is 1. The molecule has 4 rings (SSSR count). The molecular weight excluding hydrogens is 406 g/mol. The molecule has 1 aromatic carbocycles. The fourth-order valence-electron chi connectivity index (χ4n) is 3.23. The third-order valence-corrected chi connectivity index (χ3v) is 5.21. The molecule has 2 aromatic heterocycles. The first kappa shape index (κ1) is 18.1. The van der Waals surface area contributed by atoms with E-state index in [4.69, 9.17) is 10.3 Å². The lowest BCUT2D eigenvalue weighted by Crippen LogP contribution is -2.34. The molecule has 0 atom stereocenters. The summed E-state index contributed by atoms with van der Waals surface area (Å²) in [4.78, 5) is 4.55. The van der Waals surface area contributed by atoms with Crippen LogP contribution in [0, 0.1) is 6.92 Å². The molecule has 0 aliphatic heterocycles. The molecule has 0 unspecified atom stereocenters. The summed E-state index contributed by atoms with van der Waals surface area (Å²) in [5.74, 6) is 1.08. The van der Waals surface area contributed by atoms with Crippen LogP contribution >= 0.6 is 28.3 Å². The van der Waals surface area contributed by atoms with Gasteiger partial charge in [-0.1, -0.05) is 33.9 Å². The van der Waals surface area contributed by atoms with E-state index < -0.39 is 5.54 Å². The molecule has 3 aromatic rings. The van der Waals surface area contributed by atoms with Crippen molar-refractivity contribution in [3.05, 3.63) is 46.5 Å². The number of nitrogens with zero attached hydrogens (tertiary/aromatic N) is 4. The molecule has 132 valence electrons. The highest BCUT2D eigenvalue weighted by molar-refractivity contribution is 9.10. The van der Waals surface area contributed by atoms with Gasteiger partial charge in [-0.05, 0) is 44.0 Å². The van der Waals surface area contributed by atoms with E-state index in [2.05, 4.69) is 31.2 Å². The van der Waals surface area contributed by atoms with E-state index in [1.165, 1.54) is 0 Å². The summed E-state index contributed by atoms with van der Waals surface area (Å²) in [7, 11) is 0. The molecule has 0 saturated heterocycles. The quantitative estimate of drug-likeness (QED) is 0.683. The van der Waals surface area contributed by atoms with Crippen molar-refractivity contribution in [2.24, 2.45) is 5.73 Å². The fourth-order valence-corrected chi connectivity index (χ4v) is 3.49. The van der Waals surface area contributed by atoms with Crippen LogP contribution in [0.5, 0.6) is 0 Å². The number of hydrogen-bond acceptors (Lipinski definition) is 5. The highest BCUT2D eigenvalue weighted by Gasteiger charge is 2.36. The van der Waals surface area contributed by atoms with Gasteiger partial charge in [-0.2, -0.15) is 10.1 Å². The SMILES string of the molecule is Cc1c(-c2nc(C3(N)CCCC3)no2)cnn1-c1ccc(Br)cc1.Cl. The van der Waals surface area contributed by atoms with Crippen molar-refractivity contribution in [2.45, 2.75) is 38.1 Å². The lowest BCUT2D eigenvalue weighted by atomic mass is 9.99. The van der Waals surface area contributed by atoms with Gasteiger partial charge in [-0.15, -0.1) is 12.4 Å². The highest BCUT2D eigenvalue weighted by Crippen LogP contribution is 2.35. The van der Waals surface area contributed by atoms with E-state index in [9.17, 15) is 0 Å². The van der Waals surface area contributed by atoms with E-state index in [0.29, 0.717) is 11.7 Å². The molecule has 1 fully saturated rings. The normalized spacial score (nSPS) is 16.0. The lowest BCUT2D eigenvalue weighted by Gasteiger charge is -2.17. The van der Waals surface area contributed by atoms with Crippen LogP contribution in [0.25, 0.3) is 17.1 Å². The zero-order chi connectivity index (χ0) is 16.7. The Bertz CT molecular complexity index is 868. The van der Waals surface area contributed by atoms with E-state index in [-0.39, 0.29) is 12.4 Å². The van der Waals surface area contributed by atoms with Crippen LogP contribution in [0.2, 0.25) is 0 Å². The van der Waals surface area contributed by atoms with Gasteiger partial charge < -0.3 is 10.3 Å². The van der Waals surface area contributed by atoms with Gasteiger partial charge >= 0.3 is 0 Å². The minimum Gasteiger partial charge on any atom is -0.334 e. The molecule has 1 aliphatic rings. The number of rotatable bonds is 3. The average molecular weight is 425 g/mol. The summed E-state index contributed by atoms with van der Waals surface area (Å²) in [5.41, 5.74) is 8.72. The van der Waals surface area contributed by atoms with Crippen LogP contribution in [0.3, 0.4) is 0 Å². The van der Waals surface area contributed by atoms with Crippen LogP contribution in [0.15, 0.2) is 39.5 Å². The minimum absolute atomic E-state index is 0. The fraction of sp³-hybridized carbons (Fsp3) is 0.353. The van der Waals surface area contributed by atoms with E-state index in [1.807, 2.05) is 35.9 Å². The Balaban J connectivity index is 0.00000182. The molecular formula is C17H19BrClN5O. The largest absolute Gasteiger partial charge is 0.334 e. The van der Waals surface area contributed by atoms with Gasteiger partial charge in [0.2, 0.25) is 0 Å². The highest BCUT2D eigenvalue weighted by atomic mass is 79.9. The molecule has 8 heteroatoms. The van der Waals surface area contributed by atoms with Gasteiger partial charge in [0, 0.05) is 4.47 Å². The van der Waals surface area contributed by atoms with Gasteiger partial charge in [-0.25, -0.2) is 4.68 Å². The smallest absolute Gasteiger partial charge is 0.261 e. The van der Waals surface area contributed by atoms with Crippen LogP contribution in [-0.2, 0) is 5.54 Å². The minimum atomic E-state index is -0.447. The number of nitrogens with two attached hydrogens (primary N) is 1. The molecule has 0 amide bonds. The average Bonchev–Trinajstić information content (AvgIpc) is 3.28. The number of benzene rings is 1. The summed E-state index contributed by atoms with van der Waals surface area (Å²) in [6, 6.07) is 7.97. The second kappa shape index (κ2) is 6.90. The Labute approximate surface area is 160 Å². The Morgan fingerprint density at radius 1 is 1.20 bits per heavy atom. The Kier molecular flexibility index (Phi) is 4.99. The second-order valence-electron chi connectivity index (χ2n) is 6.32. The maximum Gasteiger partial charge on any atom is 0.261 e. The lowest BCUT2D eigenvalue weighted by molar-refractivity contribution is 0.372. The van der Waals surface area contributed by atoms with E-state index in [0.717, 1.165) is 47.1 Å². The first-order valence-electron chi connectivity index (χ1n) is 8.01. The maximum absolute atomic E-state index is 6.41. The van der Waals surface area contributed by atoms with Crippen LogP contribution in [0.4, 0.5) is 0 Å². The second-order valence-corrected chi connectivity index (χ2v) is 7.23. The van der Waals surface area contributed by atoms with Gasteiger partial charge in [0.1, 0.15) is 0 Å². The van der Waals surface area contributed by atoms with Crippen LogP contribution in [0.1, 0.15) is 37.2 Å². The monoisotopic (exact) mass is 423 g/mol. The maximum atomic E-state index is 6.41. The third kappa shape index (κ3) is 3.23. The Morgan fingerprint density at radius 3 is 2.56 bits per heavy atom. The van der Waals surface area contributed by atoms with Gasteiger partial charge in [0.25, 0.3) is 5.89 Å². The molecule has 0 bridgehead atoms. The summed E-state index contributed by atoms with van der Waals surface area (Å²) in [6.07, 6.45) is 5.79. The van der Waals surface area contributed by atoms with Crippen LogP contribution in [-0.4, -0.2) is 19.9 Å². The molecule has 25 heavy (non-hydrogen) atoms. The molecule has 0 spiro atoms. The molecule has 1 aliphatic carbocycles. The van der Waals surface area contributed by atoms with Crippen molar-refractivity contribution >= 4 is 28.3 Å². The topological polar surface area (TPSA) is 82.8 Å². The summed E-state index contributed by atoms with van der Waals surface area (Å²) < 4.78 is 8.37. The third-order valence-electron chi connectivity index (χ3n) is 4.68. The van der Waals surface area contributed by atoms with Crippen LogP contribution < -0.4 is 5.73 Å². The first-order valence-corrected chi connectivity index (χ1v) is 8.80. The standard InChI is InChI=1S/C17H18BrN5O.ClH/c1-11-14(10-20-23(11)13-6-4-12(18)5-7-13)15-21-16(22-24-15)17(19)8-2-3-9-17;/h4-7,10H,2-3,8-9,19H2,1H3;1H. The van der Waals surface area contributed by atoms with Gasteiger partial charge in [0.15, 0.2) is 5.82 Å². The zero-order valence-corrected chi connectivity index (χ0v) is 16.2. The van der Waals surface area contributed by atoms with Crippen molar-refractivity contribution in [3.8, 4) is 17.1 Å². The van der Waals surface area contributed by atoms with Gasteiger partial charge in [-0.3, -0.25) is 0 Å². The summed E-state index contributed by atoms with van der Waals surface area (Å²) in [5, 5.41) is 8.59. The molecule has 1 saturated carbocycles. The molecule has 6 nitrogen and oxygen atoms in total. The number of aromatic nitrogens is 4. The van der Waals surface area contributed by atoms with Gasteiger partial charge in [0.05, 0.1) is 28.7 Å². The van der Waals surface area contributed by atoms with Crippen molar-refractivity contribution in [2.75, 3.05) is 0 Å².